The number of aromatic nitrogens is 1. The molecule has 8 heteroatoms. The molecular weight excluding hydrogens is 430 g/mol. The van der Waals surface area contributed by atoms with E-state index in [4.69, 9.17) is 9.26 Å². The van der Waals surface area contributed by atoms with Crippen molar-refractivity contribution in [2.75, 3.05) is 12.9 Å². The number of nitrogens with zero attached hydrogens (tertiary/aromatic N) is 1. The molecule has 32 heavy (non-hydrogen) atoms. The van der Waals surface area contributed by atoms with Crippen molar-refractivity contribution >= 4 is 21.6 Å². The highest BCUT2D eigenvalue weighted by atomic mass is 32.2. The number of ketones is 1. The zero-order valence-corrected chi connectivity index (χ0v) is 18.6. The molecule has 1 heterocycles. The van der Waals surface area contributed by atoms with Crippen molar-refractivity contribution in [3.05, 3.63) is 82.2 Å². The third kappa shape index (κ3) is 4.36. The van der Waals surface area contributed by atoms with Crippen molar-refractivity contribution in [3.8, 4) is 0 Å². The minimum atomic E-state index is -3.43. The van der Waals surface area contributed by atoms with Crippen LogP contribution < -0.4 is 0 Å². The summed E-state index contributed by atoms with van der Waals surface area (Å²) in [5.74, 6) is -0.623. The van der Waals surface area contributed by atoms with E-state index in [1.807, 2.05) is 0 Å². The van der Waals surface area contributed by atoms with Crippen LogP contribution in [-0.2, 0) is 21.0 Å². The molecule has 7 nitrogen and oxygen atoms in total. The van der Waals surface area contributed by atoms with Crippen molar-refractivity contribution in [3.63, 3.8) is 0 Å². The number of ether oxygens (including phenoxy) is 1. The summed E-state index contributed by atoms with van der Waals surface area (Å²) in [6.45, 7) is 1.83. The van der Waals surface area contributed by atoms with Crippen molar-refractivity contribution in [1.82, 2.24) is 5.16 Å². The summed E-state index contributed by atoms with van der Waals surface area (Å²) in [6.07, 6.45) is 3.12. The average Bonchev–Trinajstić information content (AvgIpc) is 3.51. The predicted molar refractivity (Wildman–Crippen MR) is 117 cm³/mol. The Labute approximate surface area is 186 Å². The van der Waals surface area contributed by atoms with E-state index in [1.165, 1.54) is 0 Å². The molecule has 1 saturated carbocycles. The molecule has 0 unspecified atom stereocenters. The normalized spacial score (nSPS) is 13.7. The number of hydrogen-bond acceptors (Lipinski definition) is 7. The van der Waals surface area contributed by atoms with Gasteiger partial charge in [0.1, 0.15) is 5.56 Å². The quantitative estimate of drug-likeness (QED) is 0.376. The topological polar surface area (TPSA) is 104 Å². The van der Waals surface area contributed by atoms with Gasteiger partial charge in [0.15, 0.2) is 21.4 Å². The Morgan fingerprint density at radius 3 is 2.38 bits per heavy atom. The van der Waals surface area contributed by atoms with Crippen LogP contribution in [0.4, 0.5) is 0 Å². The average molecular weight is 454 g/mol. The summed E-state index contributed by atoms with van der Waals surface area (Å²) in [6, 6.07) is 13.7. The fourth-order valence-corrected chi connectivity index (χ4v) is 4.67. The van der Waals surface area contributed by atoms with Gasteiger partial charge in [0, 0.05) is 17.7 Å². The summed E-state index contributed by atoms with van der Waals surface area (Å²) in [5, 5.41) is 3.85. The van der Waals surface area contributed by atoms with Crippen molar-refractivity contribution < 1.29 is 27.3 Å². The van der Waals surface area contributed by atoms with Gasteiger partial charge in [-0.15, -0.1) is 0 Å². The minimum absolute atomic E-state index is 0.0581. The van der Waals surface area contributed by atoms with Crippen LogP contribution in [0.25, 0.3) is 0 Å². The molecule has 0 radical (unpaired) electrons. The summed E-state index contributed by atoms with van der Waals surface area (Å²) >= 11 is 0. The van der Waals surface area contributed by atoms with E-state index in [1.54, 1.807) is 55.5 Å². The number of carbonyl (C=O) groups is 2. The maximum atomic E-state index is 13.7. The lowest BCUT2D eigenvalue weighted by atomic mass is 9.92. The number of rotatable bonds is 8. The first-order valence-electron chi connectivity index (χ1n) is 10.4. The van der Waals surface area contributed by atoms with Crippen LogP contribution in [0.1, 0.15) is 69.0 Å². The highest BCUT2D eigenvalue weighted by Crippen LogP contribution is 2.43. The fraction of sp³-hybridized carbons (Fsp3) is 0.292. The van der Waals surface area contributed by atoms with Crippen LogP contribution in [0.2, 0.25) is 0 Å². The second kappa shape index (κ2) is 8.70. The van der Waals surface area contributed by atoms with E-state index in [-0.39, 0.29) is 40.9 Å². The maximum absolute atomic E-state index is 13.7. The van der Waals surface area contributed by atoms with Crippen LogP contribution in [0.15, 0.2) is 57.9 Å². The van der Waals surface area contributed by atoms with Gasteiger partial charge < -0.3 is 9.26 Å². The number of hydrogen-bond donors (Lipinski definition) is 0. The van der Waals surface area contributed by atoms with Crippen LogP contribution in [0, 0.1) is 0 Å². The molecule has 3 aromatic rings. The van der Waals surface area contributed by atoms with Gasteiger partial charge in [-0.05, 0) is 43.4 Å². The zero-order chi connectivity index (χ0) is 22.9. The molecule has 1 aliphatic rings. The molecule has 4 rings (SSSR count). The second-order valence-corrected chi connectivity index (χ2v) is 9.79. The molecule has 0 aliphatic heterocycles. The van der Waals surface area contributed by atoms with E-state index < -0.39 is 15.8 Å². The first-order chi connectivity index (χ1) is 15.3. The molecule has 1 fully saturated rings. The molecule has 0 atom stereocenters. The fourth-order valence-electron chi connectivity index (χ4n) is 3.73. The molecule has 0 spiro atoms. The molecule has 1 aromatic heterocycles. The largest absolute Gasteiger partial charge is 0.461 e. The highest BCUT2D eigenvalue weighted by molar-refractivity contribution is 7.90. The third-order valence-electron chi connectivity index (χ3n) is 5.38. The van der Waals surface area contributed by atoms with Gasteiger partial charge in [-0.1, -0.05) is 47.6 Å². The smallest absolute Gasteiger partial charge is 0.361 e. The molecule has 166 valence electrons. The third-order valence-corrected chi connectivity index (χ3v) is 6.57. The summed E-state index contributed by atoms with van der Waals surface area (Å²) < 4.78 is 34.9. The van der Waals surface area contributed by atoms with Gasteiger partial charge in [0.2, 0.25) is 5.69 Å². The maximum Gasteiger partial charge on any atom is 0.361 e. The minimum Gasteiger partial charge on any atom is -0.461 e. The Morgan fingerprint density at radius 1 is 1.06 bits per heavy atom. The molecule has 2 aromatic carbocycles. The SMILES string of the molecule is CCOC(=O)c1noc(C2CC2)c1C(=O)c1ccccc1Cc1ccccc1S(C)(=O)=O. The summed E-state index contributed by atoms with van der Waals surface area (Å²) in [4.78, 5) is 26.3. The number of esters is 1. The molecule has 0 amide bonds. The summed E-state index contributed by atoms with van der Waals surface area (Å²) in [7, 11) is -3.43. The Morgan fingerprint density at radius 2 is 1.72 bits per heavy atom. The van der Waals surface area contributed by atoms with Crippen molar-refractivity contribution in [2.24, 2.45) is 0 Å². The van der Waals surface area contributed by atoms with Gasteiger partial charge in [-0.3, -0.25) is 4.79 Å². The van der Waals surface area contributed by atoms with Gasteiger partial charge in [-0.2, -0.15) is 0 Å². The van der Waals surface area contributed by atoms with Crippen LogP contribution >= 0.6 is 0 Å². The van der Waals surface area contributed by atoms with Crippen LogP contribution in [-0.4, -0.2) is 38.2 Å². The van der Waals surface area contributed by atoms with Gasteiger partial charge in [0.05, 0.1) is 11.5 Å². The lowest BCUT2D eigenvalue weighted by molar-refractivity contribution is 0.0512. The first-order valence-corrected chi connectivity index (χ1v) is 12.3. The number of sulfone groups is 1. The van der Waals surface area contributed by atoms with Crippen molar-refractivity contribution in [1.29, 1.82) is 0 Å². The Bertz CT molecular complexity index is 1290. The van der Waals surface area contributed by atoms with Crippen LogP contribution in [0.5, 0.6) is 0 Å². The van der Waals surface area contributed by atoms with Gasteiger partial charge >= 0.3 is 5.97 Å². The molecular formula is C24H23NO6S. The zero-order valence-electron chi connectivity index (χ0n) is 17.8. The van der Waals surface area contributed by atoms with E-state index >= 15 is 0 Å². The highest BCUT2D eigenvalue weighted by Gasteiger charge is 2.38. The number of benzene rings is 2. The molecule has 0 bridgehead atoms. The molecule has 0 N–H and O–H groups in total. The Hall–Kier alpha value is -3.26. The standard InChI is InChI=1S/C24H23NO6S/c1-3-30-24(27)21-20(23(31-25-21)15-12-13-15)22(26)18-10-6-4-8-16(18)14-17-9-5-7-11-19(17)32(2,28)29/h4-11,15H,3,12-14H2,1-2H3. The van der Waals surface area contributed by atoms with E-state index in [2.05, 4.69) is 5.16 Å². The predicted octanol–water partition coefficient (Wildman–Crippen LogP) is 3.95. The van der Waals surface area contributed by atoms with E-state index in [9.17, 15) is 18.0 Å². The van der Waals surface area contributed by atoms with E-state index in [0.29, 0.717) is 22.5 Å². The summed E-state index contributed by atoms with van der Waals surface area (Å²) in [5.41, 5.74) is 1.62. The lowest BCUT2D eigenvalue weighted by Gasteiger charge is -2.12. The number of carbonyl (C=O) groups excluding carboxylic acids is 2. The molecule has 0 saturated heterocycles. The monoisotopic (exact) mass is 453 g/mol. The van der Waals surface area contributed by atoms with Gasteiger partial charge in [-0.25, -0.2) is 13.2 Å². The Kier molecular flexibility index (Phi) is 5.97. The molecule has 1 aliphatic carbocycles. The lowest BCUT2D eigenvalue weighted by Crippen LogP contribution is -2.15. The van der Waals surface area contributed by atoms with Crippen LogP contribution in [0.3, 0.4) is 0 Å². The van der Waals surface area contributed by atoms with Crippen molar-refractivity contribution in [2.45, 2.75) is 37.0 Å². The second-order valence-electron chi connectivity index (χ2n) is 7.81. The van der Waals surface area contributed by atoms with E-state index in [0.717, 1.165) is 19.1 Å². The first kappa shape index (κ1) is 22.0. The Balaban J connectivity index is 1.77. The van der Waals surface area contributed by atoms with Gasteiger partial charge in [0.25, 0.3) is 0 Å².